The van der Waals surface area contributed by atoms with Gasteiger partial charge in [0.1, 0.15) is 0 Å². The number of nitrogens with zero attached hydrogens (tertiary/aromatic N) is 4. The zero-order valence-electron chi connectivity index (χ0n) is 21.5. The summed E-state index contributed by atoms with van der Waals surface area (Å²) in [4.78, 5) is 20.6. The molecule has 0 radical (unpaired) electrons. The number of likely N-dealkylation sites (N-methyl/N-ethyl adjacent to an activating group) is 1. The fourth-order valence-corrected chi connectivity index (χ4v) is 5.84. The Bertz CT molecular complexity index is 1570. The van der Waals surface area contributed by atoms with E-state index in [1.165, 1.54) is 0 Å². The number of piperazine rings is 1. The van der Waals surface area contributed by atoms with Crippen molar-refractivity contribution in [2.24, 2.45) is 0 Å². The Hall–Kier alpha value is -3.70. The zero-order chi connectivity index (χ0) is 27.3. The minimum atomic E-state index is -4.50. The van der Waals surface area contributed by atoms with Gasteiger partial charge in [-0.3, -0.25) is 10.00 Å². The van der Waals surface area contributed by atoms with Crippen molar-refractivity contribution in [3.63, 3.8) is 0 Å². The Morgan fingerprint density at radius 2 is 1.79 bits per heavy atom. The second-order valence-corrected chi connectivity index (χ2v) is 10.5. The average molecular weight is 539 g/mol. The van der Waals surface area contributed by atoms with Crippen molar-refractivity contribution in [1.29, 1.82) is 0 Å². The highest BCUT2D eigenvalue weighted by atomic mass is 19.4. The molecular weight excluding hydrogens is 509 g/mol. The van der Waals surface area contributed by atoms with Crippen LogP contribution in [0.25, 0.3) is 21.8 Å². The van der Waals surface area contributed by atoms with Crippen LogP contribution in [-0.4, -0.2) is 69.3 Å². The number of anilines is 2. The van der Waals surface area contributed by atoms with Crippen molar-refractivity contribution in [3.05, 3.63) is 58.3 Å². The molecule has 6 rings (SSSR count). The summed E-state index contributed by atoms with van der Waals surface area (Å²) in [6, 6.07) is 7.87. The molecule has 1 aliphatic carbocycles. The molecule has 0 spiro atoms. The van der Waals surface area contributed by atoms with Crippen LogP contribution >= 0.6 is 0 Å². The number of carbonyl (C=O) groups is 1. The summed E-state index contributed by atoms with van der Waals surface area (Å²) in [6.07, 6.45) is -1.37. The van der Waals surface area contributed by atoms with Gasteiger partial charge in [0.2, 0.25) is 0 Å². The molecule has 1 fully saturated rings. The van der Waals surface area contributed by atoms with Crippen LogP contribution in [0.15, 0.2) is 30.3 Å². The van der Waals surface area contributed by atoms with Crippen molar-refractivity contribution >= 4 is 39.3 Å². The fourth-order valence-electron chi connectivity index (χ4n) is 5.84. The quantitative estimate of drug-likeness (QED) is 0.322. The van der Waals surface area contributed by atoms with E-state index >= 15 is 0 Å². The van der Waals surface area contributed by atoms with Gasteiger partial charge >= 0.3 is 12.1 Å². The number of aromatic amines is 1. The summed E-state index contributed by atoms with van der Waals surface area (Å²) in [5, 5.41) is 21.7. The smallest absolute Gasteiger partial charge is 0.416 e. The molecule has 1 saturated heterocycles. The largest absolute Gasteiger partial charge is 0.477 e. The number of hydrogen-bond donors (Lipinski definition) is 3. The van der Waals surface area contributed by atoms with E-state index in [2.05, 4.69) is 25.4 Å². The number of aromatic nitrogens is 3. The Morgan fingerprint density at radius 1 is 1.05 bits per heavy atom. The summed E-state index contributed by atoms with van der Waals surface area (Å²) in [5.74, 6) is -0.676. The van der Waals surface area contributed by atoms with Gasteiger partial charge in [-0.1, -0.05) is 6.07 Å². The van der Waals surface area contributed by atoms with Crippen LogP contribution in [-0.2, 0) is 25.6 Å². The van der Waals surface area contributed by atoms with E-state index in [1.54, 1.807) is 24.3 Å². The highest BCUT2D eigenvalue weighted by Gasteiger charge is 2.34. The number of benzene rings is 2. The summed E-state index contributed by atoms with van der Waals surface area (Å²) in [6.45, 7) is 3.34. The number of fused-ring (bicyclic) bond motifs is 5. The maximum atomic E-state index is 14.1. The maximum absolute atomic E-state index is 14.1. The van der Waals surface area contributed by atoms with Gasteiger partial charge in [-0.2, -0.15) is 18.3 Å². The lowest BCUT2D eigenvalue weighted by Crippen LogP contribution is -2.44. The van der Waals surface area contributed by atoms with Crippen molar-refractivity contribution in [3.8, 4) is 0 Å². The number of H-pyrrole nitrogens is 1. The number of pyridine rings is 1. The van der Waals surface area contributed by atoms with E-state index in [4.69, 9.17) is 0 Å². The molecule has 39 heavy (non-hydrogen) atoms. The number of carboxylic acids is 1. The normalized spacial score (nSPS) is 17.0. The number of halogens is 3. The van der Waals surface area contributed by atoms with Crippen LogP contribution in [0.2, 0.25) is 0 Å². The number of rotatable bonds is 5. The molecular formula is C28H29F3N6O2. The molecule has 1 aliphatic heterocycles. The lowest BCUT2D eigenvalue weighted by molar-refractivity contribution is -0.138. The van der Waals surface area contributed by atoms with Gasteiger partial charge in [0.05, 0.1) is 22.0 Å². The molecule has 11 heteroatoms. The van der Waals surface area contributed by atoms with E-state index < -0.39 is 17.7 Å². The molecule has 0 saturated carbocycles. The zero-order valence-corrected chi connectivity index (χ0v) is 21.5. The summed E-state index contributed by atoms with van der Waals surface area (Å²) < 4.78 is 42.4. The molecule has 2 aromatic heterocycles. The summed E-state index contributed by atoms with van der Waals surface area (Å²) in [5.41, 5.74) is 2.81. The third-order valence-electron chi connectivity index (χ3n) is 7.87. The molecule has 3 heterocycles. The molecule has 4 aromatic rings. The van der Waals surface area contributed by atoms with Gasteiger partial charge in [-0.05, 0) is 73.7 Å². The van der Waals surface area contributed by atoms with Crippen molar-refractivity contribution in [2.45, 2.75) is 38.4 Å². The lowest BCUT2D eigenvalue weighted by Gasteiger charge is -2.33. The van der Waals surface area contributed by atoms with E-state index in [0.29, 0.717) is 35.1 Å². The van der Waals surface area contributed by atoms with E-state index in [1.807, 2.05) is 11.9 Å². The van der Waals surface area contributed by atoms with Crippen LogP contribution in [0.4, 0.5) is 24.7 Å². The van der Waals surface area contributed by atoms with E-state index in [9.17, 15) is 23.1 Å². The van der Waals surface area contributed by atoms with Gasteiger partial charge in [0.25, 0.3) is 0 Å². The van der Waals surface area contributed by atoms with Crippen LogP contribution in [0.5, 0.6) is 0 Å². The van der Waals surface area contributed by atoms with Gasteiger partial charge in [0.15, 0.2) is 11.5 Å². The number of carboxylic acid groups (broad SMARTS) is 1. The van der Waals surface area contributed by atoms with Crippen LogP contribution in [0.3, 0.4) is 0 Å². The Morgan fingerprint density at radius 3 is 2.51 bits per heavy atom. The Kier molecular flexibility index (Phi) is 6.43. The SMILES string of the molecule is CN1CCN(Cc2ccc(Nc3n[nH]c4ccc5nc(C(=O)O)c6c(c5c34)CCCC6)cc2C(F)(F)F)CC1. The molecule has 8 nitrogen and oxygen atoms in total. The first-order valence-corrected chi connectivity index (χ1v) is 13.1. The average Bonchev–Trinajstić information content (AvgIpc) is 3.32. The van der Waals surface area contributed by atoms with Crippen LogP contribution < -0.4 is 5.32 Å². The van der Waals surface area contributed by atoms with E-state index in [-0.39, 0.29) is 23.5 Å². The summed E-state index contributed by atoms with van der Waals surface area (Å²) >= 11 is 0. The first kappa shape index (κ1) is 25.6. The second-order valence-electron chi connectivity index (χ2n) is 10.5. The first-order valence-electron chi connectivity index (χ1n) is 13.1. The van der Waals surface area contributed by atoms with Gasteiger partial charge in [-0.25, -0.2) is 9.78 Å². The molecule has 2 aromatic carbocycles. The maximum Gasteiger partial charge on any atom is 0.416 e. The standard InChI is InChI=1S/C28H29F3N6O2/c1-36-10-12-37(13-11-36)15-16-6-7-17(14-20(16)28(29,30)31)32-26-24-22(34-35-26)9-8-21-23(24)18-4-2-3-5-19(18)25(33-21)27(38)39/h6-9,14H,2-5,10-13,15H2,1H3,(H,38,39)(H2,32,34,35). The number of aryl methyl sites for hydroxylation is 1. The fraction of sp³-hybridized carbons (Fsp3) is 0.393. The second kappa shape index (κ2) is 9.80. The van der Waals surface area contributed by atoms with Gasteiger partial charge in [-0.15, -0.1) is 0 Å². The molecule has 0 unspecified atom stereocenters. The number of aromatic carboxylic acids is 1. The Labute approximate surface area is 222 Å². The number of hydrogen-bond acceptors (Lipinski definition) is 6. The molecule has 2 aliphatic rings. The number of alkyl halides is 3. The molecule has 0 atom stereocenters. The molecule has 3 N–H and O–H groups in total. The lowest BCUT2D eigenvalue weighted by atomic mass is 9.87. The molecule has 0 amide bonds. The molecule has 0 bridgehead atoms. The predicted molar refractivity (Wildman–Crippen MR) is 142 cm³/mol. The van der Waals surface area contributed by atoms with Crippen molar-refractivity contribution < 1.29 is 23.1 Å². The predicted octanol–water partition coefficient (Wildman–Crippen LogP) is 5.20. The van der Waals surface area contributed by atoms with Gasteiger partial charge in [0, 0.05) is 43.8 Å². The Balaban J connectivity index is 1.41. The minimum Gasteiger partial charge on any atom is -0.477 e. The van der Waals surface area contributed by atoms with Crippen LogP contribution in [0.1, 0.15) is 45.6 Å². The monoisotopic (exact) mass is 538 g/mol. The summed E-state index contributed by atoms with van der Waals surface area (Å²) in [7, 11) is 2.01. The van der Waals surface area contributed by atoms with Gasteiger partial charge < -0.3 is 15.3 Å². The van der Waals surface area contributed by atoms with Crippen molar-refractivity contribution in [2.75, 3.05) is 38.5 Å². The van der Waals surface area contributed by atoms with Crippen molar-refractivity contribution in [1.82, 2.24) is 25.0 Å². The third-order valence-corrected chi connectivity index (χ3v) is 7.87. The van der Waals surface area contributed by atoms with E-state index in [0.717, 1.165) is 61.6 Å². The highest BCUT2D eigenvalue weighted by molar-refractivity contribution is 6.13. The molecule has 204 valence electrons. The first-order chi connectivity index (χ1) is 18.7. The minimum absolute atomic E-state index is 0.0697. The van der Waals surface area contributed by atoms with Crippen LogP contribution in [0, 0.1) is 0 Å². The third kappa shape index (κ3) is 4.80. The topological polar surface area (TPSA) is 97.4 Å². The number of nitrogens with one attached hydrogen (secondary N) is 2. The highest BCUT2D eigenvalue weighted by Crippen LogP contribution is 2.39.